The Morgan fingerprint density at radius 1 is 1.25 bits per heavy atom. The van der Waals surface area contributed by atoms with Gasteiger partial charge in [-0.1, -0.05) is 11.2 Å². The van der Waals surface area contributed by atoms with E-state index < -0.39 is 0 Å². The molecule has 4 rings (SSSR count). The molecule has 0 spiro atoms. The number of urea groups is 1. The van der Waals surface area contributed by atoms with Crippen LogP contribution in [-0.2, 0) is 0 Å². The van der Waals surface area contributed by atoms with Gasteiger partial charge in [-0.3, -0.25) is 9.88 Å². The Kier molecular flexibility index (Phi) is 4.98. The number of nitrogens with zero attached hydrogens (tertiary/aromatic N) is 4. The molecule has 28 heavy (non-hydrogen) atoms. The molecule has 9 heteroatoms. The zero-order chi connectivity index (χ0) is 19.5. The van der Waals surface area contributed by atoms with Crippen molar-refractivity contribution in [1.82, 2.24) is 25.3 Å². The summed E-state index contributed by atoms with van der Waals surface area (Å²) in [5.74, 6) is 0.580. The zero-order valence-electron chi connectivity index (χ0n) is 15.2. The number of benzene rings is 1. The lowest BCUT2D eigenvalue weighted by atomic mass is 10.1. The summed E-state index contributed by atoms with van der Waals surface area (Å²) in [4.78, 5) is 22.9. The van der Waals surface area contributed by atoms with Crippen molar-refractivity contribution in [1.29, 1.82) is 0 Å². The highest BCUT2D eigenvalue weighted by Crippen LogP contribution is 2.30. The number of aromatic nitrogens is 3. The van der Waals surface area contributed by atoms with Crippen molar-refractivity contribution in [3.05, 3.63) is 60.4 Å². The molecule has 1 fully saturated rings. The normalized spacial score (nSPS) is 19.5. The van der Waals surface area contributed by atoms with Crippen molar-refractivity contribution in [3.63, 3.8) is 0 Å². The monoisotopic (exact) mass is 382 g/mol. The van der Waals surface area contributed by atoms with Crippen LogP contribution < -0.4 is 10.6 Å². The smallest absolute Gasteiger partial charge is 0.319 e. The van der Waals surface area contributed by atoms with Gasteiger partial charge < -0.3 is 15.2 Å². The second-order valence-electron chi connectivity index (χ2n) is 6.66. The number of carbonyl (C=O) groups excluding carboxylic acids is 1. The molecule has 1 saturated heterocycles. The predicted octanol–water partition coefficient (Wildman–Crippen LogP) is 2.84. The van der Waals surface area contributed by atoms with Crippen molar-refractivity contribution in [2.45, 2.75) is 18.5 Å². The van der Waals surface area contributed by atoms with E-state index in [1.807, 2.05) is 25.2 Å². The van der Waals surface area contributed by atoms with Crippen LogP contribution in [0.25, 0.3) is 11.5 Å². The Morgan fingerprint density at radius 3 is 2.82 bits per heavy atom. The summed E-state index contributed by atoms with van der Waals surface area (Å²) >= 11 is 0. The maximum absolute atomic E-state index is 13.0. The first-order valence-corrected chi connectivity index (χ1v) is 8.87. The van der Waals surface area contributed by atoms with Gasteiger partial charge in [-0.2, -0.15) is 4.98 Å². The van der Waals surface area contributed by atoms with E-state index >= 15 is 0 Å². The lowest BCUT2D eigenvalue weighted by Gasteiger charge is -2.14. The zero-order valence-corrected chi connectivity index (χ0v) is 15.2. The number of carbonyl (C=O) groups is 1. The number of pyridine rings is 1. The first-order chi connectivity index (χ1) is 13.6. The summed E-state index contributed by atoms with van der Waals surface area (Å²) in [7, 11) is 1.94. The number of anilines is 1. The number of hydrogen-bond acceptors (Lipinski definition) is 6. The van der Waals surface area contributed by atoms with Crippen LogP contribution in [0.2, 0.25) is 0 Å². The van der Waals surface area contributed by atoms with Crippen LogP contribution in [0.1, 0.15) is 18.4 Å². The molecule has 2 amide bonds. The molecule has 2 aromatic heterocycles. The molecule has 3 heterocycles. The SMILES string of the molecule is CN1C[C@@H](NC(=O)Nc2ccc(F)cc2)C[C@H]1c1nc(-c2ccccn2)no1. The molecular formula is C19H19FN6O2. The summed E-state index contributed by atoms with van der Waals surface area (Å²) in [5, 5.41) is 9.63. The molecule has 0 radical (unpaired) electrons. The van der Waals surface area contributed by atoms with Gasteiger partial charge in [-0.05, 0) is 49.9 Å². The third-order valence-electron chi connectivity index (χ3n) is 4.61. The Morgan fingerprint density at radius 2 is 2.07 bits per heavy atom. The first kappa shape index (κ1) is 18.1. The molecular weight excluding hydrogens is 363 g/mol. The van der Waals surface area contributed by atoms with E-state index in [4.69, 9.17) is 4.52 Å². The third kappa shape index (κ3) is 3.99. The van der Waals surface area contributed by atoms with Crippen LogP contribution in [0.4, 0.5) is 14.9 Å². The van der Waals surface area contributed by atoms with Gasteiger partial charge in [0.05, 0.1) is 6.04 Å². The Labute approximate surface area is 160 Å². The molecule has 1 aromatic carbocycles. The van der Waals surface area contributed by atoms with Gasteiger partial charge in [0, 0.05) is 24.5 Å². The lowest BCUT2D eigenvalue weighted by Crippen LogP contribution is -2.39. The van der Waals surface area contributed by atoms with Gasteiger partial charge in [0.15, 0.2) is 0 Å². The Balaban J connectivity index is 1.37. The molecule has 2 N–H and O–H groups in total. The molecule has 1 aliphatic rings. The number of rotatable bonds is 4. The minimum absolute atomic E-state index is 0.0827. The summed E-state index contributed by atoms with van der Waals surface area (Å²) in [5.41, 5.74) is 1.17. The number of hydrogen-bond donors (Lipinski definition) is 2. The van der Waals surface area contributed by atoms with E-state index in [1.165, 1.54) is 24.3 Å². The van der Waals surface area contributed by atoms with Gasteiger partial charge in [-0.15, -0.1) is 0 Å². The second-order valence-corrected chi connectivity index (χ2v) is 6.66. The average molecular weight is 382 g/mol. The molecule has 3 aromatic rings. The van der Waals surface area contributed by atoms with Crippen LogP contribution in [0.3, 0.4) is 0 Å². The Hall–Kier alpha value is -3.33. The number of likely N-dealkylation sites (N-methyl/N-ethyl adjacent to an activating group) is 1. The molecule has 0 unspecified atom stereocenters. The van der Waals surface area contributed by atoms with Gasteiger partial charge in [0.2, 0.25) is 11.7 Å². The largest absolute Gasteiger partial charge is 0.337 e. The standard InChI is InChI=1S/C19H19FN6O2/c1-26-11-14(23-19(27)22-13-7-5-12(20)6-8-13)10-16(26)18-24-17(25-28-18)15-4-2-3-9-21-15/h2-9,14,16H,10-11H2,1H3,(H2,22,23,27)/t14-,16-/m0/s1. The van der Waals surface area contributed by atoms with Crippen LogP contribution in [0.15, 0.2) is 53.2 Å². The lowest BCUT2D eigenvalue weighted by molar-refractivity contribution is 0.243. The van der Waals surface area contributed by atoms with E-state index in [0.29, 0.717) is 36.1 Å². The van der Waals surface area contributed by atoms with E-state index in [1.54, 1.807) is 6.20 Å². The minimum Gasteiger partial charge on any atom is -0.337 e. The molecule has 0 bridgehead atoms. The highest BCUT2D eigenvalue weighted by Gasteiger charge is 2.35. The number of halogens is 1. The number of amides is 2. The number of likely N-dealkylation sites (tertiary alicyclic amines) is 1. The topological polar surface area (TPSA) is 96.2 Å². The minimum atomic E-state index is -0.351. The second kappa shape index (κ2) is 7.73. The predicted molar refractivity (Wildman–Crippen MR) is 99.9 cm³/mol. The van der Waals surface area contributed by atoms with Crippen LogP contribution >= 0.6 is 0 Å². The number of nitrogens with one attached hydrogen (secondary N) is 2. The fourth-order valence-corrected chi connectivity index (χ4v) is 3.25. The summed E-state index contributed by atoms with van der Waals surface area (Å²) in [6, 6.07) is 10.6. The molecule has 0 aliphatic carbocycles. The molecule has 8 nitrogen and oxygen atoms in total. The molecule has 144 valence electrons. The fraction of sp³-hybridized carbons (Fsp3) is 0.263. The van der Waals surface area contributed by atoms with Gasteiger partial charge >= 0.3 is 6.03 Å². The van der Waals surface area contributed by atoms with Gasteiger partial charge in [0.1, 0.15) is 11.5 Å². The molecule has 0 saturated carbocycles. The van der Waals surface area contributed by atoms with Gasteiger partial charge in [0.25, 0.3) is 0 Å². The average Bonchev–Trinajstić information content (AvgIpc) is 3.31. The highest BCUT2D eigenvalue weighted by atomic mass is 19.1. The quantitative estimate of drug-likeness (QED) is 0.720. The van der Waals surface area contributed by atoms with Crippen molar-refractivity contribution >= 4 is 11.7 Å². The molecule has 2 atom stereocenters. The molecule has 1 aliphatic heterocycles. The highest BCUT2D eigenvalue weighted by molar-refractivity contribution is 5.89. The van der Waals surface area contributed by atoms with Crippen LogP contribution in [-0.4, -0.2) is 45.7 Å². The summed E-state index contributed by atoms with van der Waals surface area (Å²) in [6.45, 7) is 0.642. The fourth-order valence-electron chi connectivity index (χ4n) is 3.25. The van der Waals surface area contributed by atoms with Crippen molar-refractivity contribution in [2.75, 3.05) is 18.9 Å². The third-order valence-corrected chi connectivity index (χ3v) is 4.61. The first-order valence-electron chi connectivity index (χ1n) is 8.87. The van der Waals surface area contributed by atoms with E-state index in [0.717, 1.165) is 0 Å². The summed E-state index contributed by atoms with van der Waals surface area (Å²) in [6.07, 6.45) is 2.31. The van der Waals surface area contributed by atoms with E-state index in [2.05, 4.69) is 30.7 Å². The van der Waals surface area contributed by atoms with E-state index in [-0.39, 0.29) is 23.9 Å². The Bertz CT molecular complexity index is 947. The van der Waals surface area contributed by atoms with Crippen molar-refractivity contribution in [2.24, 2.45) is 0 Å². The maximum atomic E-state index is 13.0. The van der Waals surface area contributed by atoms with Gasteiger partial charge in [-0.25, -0.2) is 9.18 Å². The van der Waals surface area contributed by atoms with Crippen LogP contribution in [0.5, 0.6) is 0 Å². The van der Waals surface area contributed by atoms with Crippen LogP contribution in [0, 0.1) is 5.82 Å². The van der Waals surface area contributed by atoms with Crippen molar-refractivity contribution in [3.8, 4) is 11.5 Å². The van der Waals surface area contributed by atoms with E-state index in [9.17, 15) is 9.18 Å². The van der Waals surface area contributed by atoms with Crippen molar-refractivity contribution < 1.29 is 13.7 Å². The maximum Gasteiger partial charge on any atom is 0.319 e. The summed E-state index contributed by atoms with van der Waals surface area (Å²) < 4.78 is 18.4.